The second kappa shape index (κ2) is 11.6. The van der Waals surface area contributed by atoms with Crippen LogP contribution in [0.3, 0.4) is 0 Å². The van der Waals surface area contributed by atoms with Crippen molar-refractivity contribution >= 4 is 32.6 Å². The number of amides is 1. The molecule has 1 amide bonds. The van der Waals surface area contributed by atoms with Crippen LogP contribution >= 0.6 is 11.3 Å². The third-order valence-corrected chi connectivity index (χ3v) is 6.34. The number of rotatable bonds is 11. The topological polar surface area (TPSA) is 64.5 Å². The van der Waals surface area contributed by atoms with Gasteiger partial charge in [-0.15, -0.1) is 0 Å². The second-order valence-corrected chi connectivity index (χ2v) is 8.86. The van der Waals surface area contributed by atoms with E-state index in [1.807, 2.05) is 67.6 Å². The van der Waals surface area contributed by atoms with Crippen molar-refractivity contribution in [1.82, 2.24) is 9.97 Å². The molecule has 0 aliphatic rings. The first-order valence-corrected chi connectivity index (χ1v) is 12.5. The van der Waals surface area contributed by atoms with Gasteiger partial charge in [0.05, 0.1) is 35.7 Å². The van der Waals surface area contributed by atoms with Crippen LogP contribution in [0, 0.1) is 0 Å². The number of hydrogen-bond donors (Lipinski definition) is 0. The Hall–Kier alpha value is -3.45. The smallest absolute Gasteiger partial charge is 0.260 e. The van der Waals surface area contributed by atoms with Gasteiger partial charge in [0, 0.05) is 11.8 Å². The Kier molecular flexibility index (Phi) is 8.09. The lowest BCUT2D eigenvalue weighted by Crippen LogP contribution is -2.30. The summed E-state index contributed by atoms with van der Waals surface area (Å²) in [6.45, 7) is 5.73. The molecule has 4 rings (SSSR count). The number of unbranched alkanes of at least 4 members (excludes halogenated alkanes) is 2. The molecule has 0 bridgehead atoms. The molecule has 7 heteroatoms. The highest BCUT2D eigenvalue weighted by Gasteiger charge is 2.22. The minimum Gasteiger partial charge on any atom is -0.494 e. The van der Waals surface area contributed by atoms with Crippen molar-refractivity contribution in [3.05, 3.63) is 78.1 Å². The van der Waals surface area contributed by atoms with Gasteiger partial charge in [-0.05, 0) is 67.9 Å². The van der Waals surface area contributed by atoms with E-state index in [1.54, 1.807) is 11.1 Å². The molecular formula is C27H29N3O3S. The number of ether oxygens (including phenoxy) is 2. The van der Waals surface area contributed by atoms with Gasteiger partial charge in [-0.1, -0.05) is 37.2 Å². The molecule has 0 saturated carbocycles. The van der Waals surface area contributed by atoms with E-state index in [1.165, 1.54) is 11.3 Å². The van der Waals surface area contributed by atoms with E-state index in [0.717, 1.165) is 46.7 Å². The monoisotopic (exact) mass is 475 g/mol. The van der Waals surface area contributed by atoms with Crippen molar-refractivity contribution in [1.29, 1.82) is 0 Å². The van der Waals surface area contributed by atoms with E-state index >= 15 is 0 Å². The molecule has 6 nitrogen and oxygen atoms in total. The maximum atomic E-state index is 13.6. The van der Waals surface area contributed by atoms with Crippen LogP contribution in [0.1, 0.15) is 49.2 Å². The van der Waals surface area contributed by atoms with Crippen LogP contribution in [0.25, 0.3) is 10.2 Å². The summed E-state index contributed by atoms with van der Waals surface area (Å²) >= 11 is 1.47. The highest BCUT2D eigenvalue weighted by Crippen LogP contribution is 2.33. The normalized spacial score (nSPS) is 10.9. The number of benzene rings is 2. The lowest BCUT2D eigenvalue weighted by Gasteiger charge is -2.20. The fourth-order valence-electron chi connectivity index (χ4n) is 3.54. The largest absolute Gasteiger partial charge is 0.494 e. The molecular weight excluding hydrogens is 446 g/mol. The molecule has 0 aliphatic carbocycles. The highest BCUT2D eigenvalue weighted by molar-refractivity contribution is 7.22. The van der Waals surface area contributed by atoms with Crippen LogP contribution in [0.5, 0.6) is 11.5 Å². The predicted octanol–water partition coefficient (Wildman–Crippen LogP) is 6.51. The zero-order valence-electron chi connectivity index (χ0n) is 19.6. The number of aromatic nitrogens is 2. The molecule has 4 aromatic rings. The van der Waals surface area contributed by atoms with E-state index in [2.05, 4.69) is 11.9 Å². The summed E-state index contributed by atoms with van der Waals surface area (Å²) in [4.78, 5) is 24.5. The Morgan fingerprint density at radius 3 is 2.53 bits per heavy atom. The Morgan fingerprint density at radius 1 is 0.971 bits per heavy atom. The summed E-state index contributed by atoms with van der Waals surface area (Å²) in [5.74, 6) is 1.43. The molecule has 0 N–H and O–H groups in total. The SMILES string of the molecule is CCCCCOc1ccc(C(=O)N(Cc2ccccn2)c2nc3ccc(OCC)cc3s2)cc1. The average Bonchev–Trinajstić information content (AvgIpc) is 3.29. The molecule has 34 heavy (non-hydrogen) atoms. The molecule has 0 fully saturated rings. The molecule has 0 radical (unpaired) electrons. The van der Waals surface area contributed by atoms with Crippen LogP contribution in [0.4, 0.5) is 5.13 Å². The Bertz CT molecular complexity index is 1210. The third-order valence-electron chi connectivity index (χ3n) is 5.30. The first kappa shape index (κ1) is 23.7. The number of anilines is 1. The summed E-state index contributed by atoms with van der Waals surface area (Å²) in [7, 11) is 0. The van der Waals surface area contributed by atoms with Crippen molar-refractivity contribution in [2.45, 2.75) is 39.7 Å². The lowest BCUT2D eigenvalue weighted by atomic mass is 10.2. The molecule has 0 saturated heterocycles. The number of carbonyl (C=O) groups is 1. The minimum absolute atomic E-state index is 0.132. The molecule has 176 valence electrons. The molecule has 0 unspecified atom stereocenters. The van der Waals surface area contributed by atoms with E-state index < -0.39 is 0 Å². The van der Waals surface area contributed by atoms with Crippen LogP contribution in [0.2, 0.25) is 0 Å². The van der Waals surface area contributed by atoms with Crippen LogP contribution < -0.4 is 14.4 Å². The Morgan fingerprint density at radius 2 is 1.79 bits per heavy atom. The number of fused-ring (bicyclic) bond motifs is 1. The van der Waals surface area contributed by atoms with Gasteiger partial charge in [-0.25, -0.2) is 4.98 Å². The van der Waals surface area contributed by atoms with Gasteiger partial charge in [0.2, 0.25) is 0 Å². The number of hydrogen-bond acceptors (Lipinski definition) is 6. The minimum atomic E-state index is -0.132. The lowest BCUT2D eigenvalue weighted by molar-refractivity contribution is 0.0984. The summed E-state index contributed by atoms with van der Waals surface area (Å²) in [5.41, 5.74) is 2.20. The number of pyridine rings is 1. The standard InChI is InChI=1S/C27H29N3O3S/c1-3-5-8-17-33-22-12-10-20(11-13-22)26(31)30(19-21-9-6-7-16-28-21)27-29-24-15-14-23(32-4-2)18-25(24)34-27/h6-7,9-16,18H,3-5,8,17,19H2,1-2H3. The van der Waals surface area contributed by atoms with E-state index in [4.69, 9.17) is 14.5 Å². The average molecular weight is 476 g/mol. The van der Waals surface area contributed by atoms with E-state index in [0.29, 0.717) is 30.5 Å². The van der Waals surface area contributed by atoms with Gasteiger partial charge in [-0.2, -0.15) is 0 Å². The first-order chi connectivity index (χ1) is 16.7. The fourth-order valence-corrected chi connectivity index (χ4v) is 4.53. The summed E-state index contributed by atoms with van der Waals surface area (Å²) < 4.78 is 12.4. The Labute approximate surface area is 204 Å². The van der Waals surface area contributed by atoms with Crippen LogP contribution in [0.15, 0.2) is 66.9 Å². The Balaban J connectivity index is 1.59. The van der Waals surface area contributed by atoms with Crippen molar-refractivity contribution in [3.8, 4) is 11.5 Å². The van der Waals surface area contributed by atoms with E-state index in [9.17, 15) is 4.79 Å². The highest BCUT2D eigenvalue weighted by atomic mass is 32.1. The van der Waals surface area contributed by atoms with Gasteiger partial charge in [0.15, 0.2) is 5.13 Å². The van der Waals surface area contributed by atoms with Gasteiger partial charge >= 0.3 is 0 Å². The number of nitrogens with zero attached hydrogens (tertiary/aromatic N) is 3. The van der Waals surface area contributed by atoms with Gasteiger partial charge in [0.25, 0.3) is 5.91 Å². The zero-order valence-corrected chi connectivity index (χ0v) is 20.4. The van der Waals surface area contributed by atoms with Gasteiger partial charge in [-0.3, -0.25) is 14.7 Å². The number of carbonyl (C=O) groups excluding carboxylic acids is 1. The number of thiazole rings is 1. The maximum Gasteiger partial charge on any atom is 0.260 e. The molecule has 0 aliphatic heterocycles. The molecule has 0 spiro atoms. The van der Waals surface area contributed by atoms with Gasteiger partial charge in [0.1, 0.15) is 11.5 Å². The quantitative estimate of drug-likeness (QED) is 0.232. The molecule has 2 aromatic heterocycles. The molecule has 2 aromatic carbocycles. The van der Waals surface area contributed by atoms with Crippen molar-refractivity contribution in [2.24, 2.45) is 0 Å². The molecule has 2 heterocycles. The van der Waals surface area contributed by atoms with Crippen molar-refractivity contribution in [2.75, 3.05) is 18.1 Å². The van der Waals surface area contributed by atoms with Gasteiger partial charge < -0.3 is 9.47 Å². The zero-order chi connectivity index (χ0) is 23.8. The van der Waals surface area contributed by atoms with E-state index in [-0.39, 0.29) is 5.91 Å². The summed E-state index contributed by atoms with van der Waals surface area (Å²) in [5, 5.41) is 0.624. The van der Waals surface area contributed by atoms with Crippen molar-refractivity contribution in [3.63, 3.8) is 0 Å². The third kappa shape index (κ3) is 5.91. The summed E-state index contributed by atoms with van der Waals surface area (Å²) in [6.07, 6.45) is 5.06. The predicted molar refractivity (Wildman–Crippen MR) is 137 cm³/mol. The maximum absolute atomic E-state index is 13.6. The van der Waals surface area contributed by atoms with Crippen LogP contribution in [-0.4, -0.2) is 29.1 Å². The molecule has 0 atom stereocenters. The summed E-state index contributed by atoms with van der Waals surface area (Å²) in [6, 6.07) is 18.8. The second-order valence-electron chi connectivity index (χ2n) is 7.85. The fraction of sp³-hybridized carbons (Fsp3) is 0.296. The first-order valence-electron chi connectivity index (χ1n) is 11.7. The van der Waals surface area contributed by atoms with Crippen LogP contribution in [-0.2, 0) is 6.54 Å². The van der Waals surface area contributed by atoms with Crippen molar-refractivity contribution < 1.29 is 14.3 Å².